The minimum Gasteiger partial charge on any atom is -0.437 e. The molecule has 20 heavy (non-hydrogen) atoms. The van der Waals surface area contributed by atoms with E-state index in [0.717, 1.165) is 11.3 Å². The molecule has 0 aliphatic carbocycles. The Morgan fingerprint density at radius 3 is 2.65 bits per heavy atom. The van der Waals surface area contributed by atoms with E-state index < -0.39 is 0 Å². The lowest BCUT2D eigenvalue weighted by Gasteiger charge is -2.13. The molecule has 4 nitrogen and oxygen atoms in total. The van der Waals surface area contributed by atoms with E-state index in [4.69, 9.17) is 27.5 Å². The highest BCUT2D eigenvalue weighted by Crippen LogP contribution is 2.33. The van der Waals surface area contributed by atoms with Crippen LogP contribution in [0.4, 0.5) is 0 Å². The standard InChI is InChI=1S/C14H13BrClN3O/c1-7-5-8(2)19-14(12(7)13(17)18)20-11-4-3-9(16)6-10(11)15/h3-6H,1-2H3,(H3,17,18). The normalized spacial score (nSPS) is 10.4. The molecular weight excluding hydrogens is 342 g/mol. The molecule has 0 spiro atoms. The van der Waals surface area contributed by atoms with E-state index in [0.29, 0.717) is 26.7 Å². The number of amidine groups is 1. The highest BCUT2D eigenvalue weighted by Gasteiger charge is 2.15. The molecule has 3 N–H and O–H groups in total. The summed E-state index contributed by atoms with van der Waals surface area (Å²) in [6.07, 6.45) is 0. The first-order valence-electron chi connectivity index (χ1n) is 5.84. The molecule has 0 aliphatic heterocycles. The van der Waals surface area contributed by atoms with E-state index >= 15 is 0 Å². The number of ether oxygens (including phenoxy) is 1. The minimum atomic E-state index is -0.0740. The lowest BCUT2D eigenvalue weighted by Crippen LogP contribution is -2.15. The van der Waals surface area contributed by atoms with Gasteiger partial charge in [0.2, 0.25) is 5.88 Å². The van der Waals surface area contributed by atoms with Gasteiger partial charge in [0.05, 0.1) is 10.0 Å². The van der Waals surface area contributed by atoms with Crippen molar-refractivity contribution in [2.45, 2.75) is 13.8 Å². The Morgan fingerprint density at radius 2 is 2.05 bits per heavy atom. The molecular formula is C14H13BrClN3O. The van der Waals surface area contributed by atoms with Crippen molar-refractivity contribution in [3.05, 3.63) is 50.6 Å². The number of hydrogen-bond acceptors (Lipinski definition) is 3. The molecule has 1 aromatic carbocycles. The summed E-state index contributed by atoms with van der Waals surface area (Å²) in [4.78, 5) is 4.32. The summed E-state index contributed by atoms with van der Waals surface area (Å²) in [5.41, 5.74) is 7.76. The third kappa shape index (κ3) is 3.11. The van der Waals surface area contributed by atoms with Crippen LogP contribution in [-0.2, 0) is 0 Å². The summed E-state index contributed by atoms with van der Waals surface area (Å²) < 4.78 is 6.49. The highest BCUT2D eigenvalue weighted by molar-refractivity contribution is 9.10. The van der Waals surface area contributed by atoms with Gasteiger partial charge in [0.1, 0.15) is 11.6 Å². The maximum Gasteiger partial charge on any atom is 0.230 e. The van der Waals surface area contributed by atoms with Gasteiger partial charge in [-0.05, 0) is 59.6 Å². The van der Waals surface area contributed by atoms with Gasteiger partial charge in [-0.25, -0.2) is 4.98 Å². The number of hydrogen-bond donors (Lipinski definition) is 2. The second kappa shape index (κ2) is 5.81. The van der Waals surface area contributed by atoms with Crippen LogP contribution in [0.3, 0.4) is 0 Å². The first-order valence-corrected chi connectivity index (χ1v) is 7.01. The summed E-state index contributed by atoms with van der Waals surface area (Å²) in [6, 6.07) is 7.04. The van der Waals surface area contributed by atoms with Crippen LogP contribution in [0.25, 0.3) is 0 Å². The molecule has 0 bridgehead atoms. The Bertz CT molecular complexity index is 688. The predicted molar refractivity (Wildman–Crippen MR) is 84.0 cm³/mol. The Hall–Kier alpha value is -1.59. The maximum absolute atomic E-state index is 7.67. The van der Waals surface area contributed by atoms with Gasteiger partial charge in [-0.15, -0.1) is 0 Å². The van der Waals surface area contributed by atoms with Gasteiger partial charge < -0.3 is 10.5 Å². The topological polar surface area (TPSA) is 72.0 Å². The van der Waals surface area contributed by atoms with Crippen LogP contribution in [0, 0.1) is 19.3 Å². The van der Waals surface area contributed by atoms with Crippen molar-refractivity contribution in [1.82, 2.24) is 4.98 Å². The number of aryl methyl sites for hydroxylation is 2. The van der Waals surface area contributed by atoms with Gasteiger partial charge in [-0.2, -0.15) is 0 Å². The number of rotatable bonds is 3. The van der Waals surface area contributed by atoms with Gasteiger partial charge in [0, 0.05) is 10.7 Å². The number of benzene rings is 1. The van der Waals surface area contributed by atoms with Gasteiger partial charge in [-0.3, -0.25) is 5.41 Å². The molecule has 0 fully saturated rings. The Balaban J connectivity index is 2.50. The number of nitrogens with one attached hydrogen (secondary N) is 1. The third-order valence-corrected chi connectivity index (χ3v) is 3.54. The SMILES string of the molecule is Cc1cc(C)c(C(=N)N)c(Oc2ccc(Cl)cc2Br)n1. The average molecular weight is 355 g/mol. The fourth-order valence-corrected chi connectivity index (χ4v) is 2.63. The second-order valence-corrected chi connectivity index (χ2v) is 5.64. The van der Waals surface area contributed by atoms with Crippen molar-refractivity contribution in [3.63, 3.8) is 0 Å². The lowest BCUT2D eigenvalue weighted by molar-refractivity contribution is 0.457. The van der Waals surface area contributed by atoms with Crippen LogP contribution >= 0.6 is 27.5 Å². The molecule has 0 saturated carbocycles. The first kappa shape index (κ1) is 14.8. The van der Waals surface area contributed by atoms with Crippen LogP contribution in [0.2, 0.25) is 5.02 Å². The molecule has 104 valence electrons. The minimum absolute atomic E-state index is 0.0740. The van der Waals surface area contributed by atoms with E-state index in [9.17, 15) is 0 Å². The van der Waals surface area contributed by atoms with Crippen LogP contribution in [0.15, 0.2) is 28.7 Å². The molecule has 1 aromatic heterocycles. The third-order valence-electron chi connectivity index (χ3n) is 2.68. The first-order chi connectivity index (χ1) is 9.38. The zero-order valence-corrected chi connectivity index (χ0v) is 13.3. The summed E-state index contributed by atoms with van der Waals surface area (Å²) >= 11 is 9.28. The average Bonchev–Trinajstić information content (AvgIpc) is 2.31. The number of nitrogen functional groups attached to an aromatic ring is 1. The number of nitrogens with zero attached hydrogens (tertiary/aromatic N) is 1. The zero-order chi connectivity index (χ0) is 14.9. The predicted octanol–water partition coefficient (Wildman–Crippen LogP) is 4.19. The molecule has 0 atom stereocenters. The number of halogens is 2. The van der Waals surface area contributed by atoms with Crippen molar-refractivity contribution in [2.75, 3.05) is 0 Å². The van der Waals surface area contributed by atoms with E-state index in [1.54, 1.807) is 18.2 Å². The smallest absolute Gasteiger partial charge is 0.230 e. The van der Waals surface area contributed by atoms with Crippen LogP contribution in [0.1, 0.15) is 16.8 Å². The van der Waals surface area contributed by atoms with Crippen molar-refractivity contribution < 1.29 is 4.74 Å². The van der Waals surface area contributed by atoms with Crippen LogP contribution < -0.4 is 10.5 Å². The number of pyridine rings is 1. The van der Waals surface area contributed by atoms with Crippen molar-refractivity contribution in [3.8, 4) is 11.6 Å². The molecule has 2 aromatic rings. The monoisotopic (exact) mass is 353 g/mol. The van der Waals surface area contributed by atoms with Crippen molar-refractivity contribution in [1.29, 1.82) is 5.41 Å². The molecule has 0 amide bonds. The molecule has 1 heterocycles. The number of nitrogens with two attached hydrogens (primary N) is 1. The Morgan fingerprint density at radius 1 is 1.35 bits per heavy atom. The van der Waals surface area contributed by atoms with Crippen molar-refractivity contribution >= 4 is 33.4 Å². The van der Waals surface area contributed by atoms with Gasteiger partial charge in [-0.1, -0.05) is 11.6 Å². The van der Waals surface area contributed by atoms with Gasteiger partial charge >= 0.3 is 0 Å². The van der Waals surface area contributed by atoms with Crippen LogP contribution in [0.5, 0.6) is 11.6 Å². The molecule has 2 rings (SSSR count). The summed E-state index contributed by atoms with van der Waals surface area (Å²) in [5.74, 6) is 0.808. The van der Waals surface area contributed by atoms with E-state index in [-0.39, 0.29) is 5.84 Å². The lowest BCUT2D eigenvalue weighted by atomic mass is 10.1. The largest absolute Gasteiger partial charge is 0.437 e. The summed E-state index contributed by atoms with van der Waals surface area (Å²) in [7, 11) is 0. The van der Waals surface area contributed by atoms with E-state index in [1.165, 1.54) is 0 Å². The van der Waals surface area contributed by atoms with Crippen LogP contribution in [-0.4, -0.2) is 10.8 Å². The number of aromatic nitrogens is 1. The Labute approximate surface area is 130 Å². The molecule has 0 aliphatic rings. The van der Waals surface area contributed by atoms with Crippen molar-refractivity contribution in [2.24, 2.45) is 5.73 Å². The van der Waals surface area contributed by atoms with E-state index in [1.807, 2.05) is 19.9 Å². The zero-order valence-electron chi connectivity index (χ0n) is 11.0. The summed E-state index contributed by atoms with van der Waals surface area (Å²) in [6.45, 7) is 3.73. The molecule has 0 unspecified atom stereocenters. The quantitative estimate of drug-likeness (QED) is 0.641. The molecule has 0 saturated heterocycles. The van der Waals surface area contributed by atoms with Gasteiger partial charge in [0.25, 0.3) is 0 Å². The fourth-order valence-electron chi connectivity index (χ4n) is 1.87. The summed E-state index contributed by atoms with van der Waals surface area (Å²) in [5, 5.41) is 8.27. The van der Waals surface area contributed by atoms with Gasteiger partial charge in [0.15, 0.2) is 0 Å². The second-order valence-electron chi connectivity index (χ2n) is 4.35. The molecule has 0 radical (unpaired) electrons. The van der Waals surface area contributed by atoms with E-state index in [2.05, 4.69) is 20.9 Å². The maximum atomic E-state index is 7.67. The Kier molecular flexibility index (Phi) is 4.30. The highest BCUT2D eigenvalue weighted by atomic mass is 79.9. The molecule has 6 heteroatoms. The fraction of sp³-hybridized carbons (Fsp3) is 0.143.